The maximum Gasteiger partial charge on any atom is 0.258 e. The van der Waals surface area contributed by atoms with Crippen molar-refractivity contribution < 1.29 is 18.7 Å². The minimum Gasteiger partial charge on any atom is -0.378 e. The van der Waals surface area contributed by atoms with Crippen LogP contribution >= 0.6 is 0 Å². The number of rotatable bonds is 6. The molecule has 0 radical (unpaired) electrons. The zero-order valence-electron chi connectivity index (χ0n) is 20.2. The van der Waals surface area contributed by atoms with Crippen LogP contribution in [0.3, 0.4) is 0 Å². The summed E-state index contributed by atoms with van der Waals surface area (Å²) in [7, 11) is 0. The smallest absolute Gasteiger partial charge is 0.258 e. The third-order valence-corrected chi connectivity index (χ3v) is 5.62. The Labute approximate surface area is 211 Å². The number of carbonyl (C=O) groups is 1. The van der Waals surface area contributed by atoms with Crippen molar-refractivity contribution in [3.05, 3.63) is 93.8 Å². The fraction of sp³-hybridized carbons (Fsp3) is 0.214. The highest BCUT2D eigenvalue weighted by molar-refractivity contribution is 5.93. The highest BCUT2D eigenvalue weighted by atomic mass is 19.1. The predicted octanol–water partition coefficient (Wildman–Crippen LogP) is 3.59. The number of aliphatic hydroxyl groups is 1. The molecule has 0 fully saturated rings. The van der Waals surface area contributed by atoms with Crippen LogP contribution in [-0.4, -0.2) is 31.6 Å². The molecule has 4 aromatic rings. The van der Waals surface area contributed by atoms with Gasteiger partial charge in [0, 0.05) is 29.5 Å². The van der Waals surface area contributed by atoms with Crippen LogP contribution in [0, 0.1) is 23.5 Å². The molecule has 0 aliphatic carbocycles. The molecule has 0 aliphatic heterocycles. The van der Waals surface area contributed by atoms with Crippen LogP contribution in [0.5, 0.6) is 0 Å². The van der Waals surface area contributed by atoms with Crippen LogP contribution in [0.4, 0.5) is 8.78 Å². The van der Waals surface area contributed by atoms with Crippen LogP contribution in [-0.2, 0) is 11.2 Å². The van der Waals surface area contributed by atoms with E-state index < -0.39 is 29.1 Å². The predicted molar refractivity (Wildman–Crippen MR) is 135 cm³/mol. The van der Waals surface area contributed by atoms with E-state index in [9.17, 15) is 23.5 Å². The molecule has 4 N–H and O–H groups in total. The van der Waals surface area contributed by atoms with Crippen molar-refractivity contribution in [2.45, 2.75) is 38.2 Å². The molecule has 1 atom stereocenters. The summed E-state index contributed by atoms with van der Waals surface area (Å²) < 4.78 is 27.9. The second-order valence-electron chi connectivity index (χ2n) is 9.22. The minimum atomic E-state index is -1.27. The Kier molecular flexibility index (Phi) is 7.14. The van der Waals surface area contributed by atoms with E-state index >= 15 is 0 Å². The van der Waals surface area contributed by atoms with Crippen molar-refractivity contribution in [1.29, 1.82) is 0 Å². The number of aromatic nitrogens is 3. The van der Waals surface area contributed by atoms with E-state index in [0.29, 0.717) is 39.0 Å². The number of para-hydroxylation sites is 1. The van der Waals surface area contributed by atoms with Gasteiger partial charge in [0.05, 0.1) is 22.9 Å². The number of nitrogens with zero attached hydrogens (tertiary/aromatic N) is 2. The average molecular weight is 503 g/mol. The molecule has 188 valence electrons. The van der Waals surface area contributed by atoms with Gasteiger partial charge >= 0.3 is 0 Å². The van der Waals surface area contributed by atoms with Crippen molar-refractivity contribution in [3.63, 3.8) is 0 Å². The summed E-state index contributed by atoms with van der Waals surface area (Å²) in [5.74, 6) is 2.71. The Bertz CT molecular complexity index is 1590. The van der Waals surface area contributed by atoms with E-state index in [1.54, 1.807) is 30.3 Å². The largest absolute Gasteiger partial charge is 0.378 e. The van der Waals surface area contributed by atoms with Gasteiger partial charge in [0.15, 0.2) is 0 Å². The lowest BCUT2D eigenvalue weighted by Crippen LogP contribution is -2.19. The maximum atomic E-state index is 13.9. The number of fused-ring (bicyclic) bond motifs is 1. The molecule has 0 saturated heterocycles. The summed E-state index contributed by atoms with van der Waals surface area (Å²) in [6, 6.07) is 11.6. The molecule has 9 heteroatoms. The highest BCUT2D eigenvalue weighted by Crippen LogP contribution is 2.35. The van der Waals surface area contributed by atoms with Crippen molar-refractivity contribution >= 4 is 16.8 Å². The second kappa shape index (κ2) is 10.3. The Morgan fingerprint density at radius 1 is 1.14 bits per heavy atom. The number of pyridine rings is 1. The number of hydrogen-bond donors (Lipinski definition) is 3. The first-order valence-electron chi connectivity index (χ1n) is 11.5. The number of carbonyl (C=O) groups excluding carboxylic acids is 1. The Morgan fingerprint density at radius 2 is 1.86 bits per heavy atom. The van der Waals surface area contributed by atoms with Gasteiger partial charge in [-0.05, 0) is 62.1 Å². The molecule has 0 spiro atoms. The average Bonchev–Trinajstić information content (AvgIpc) is 2.81. The van der Waals surface area contributed by atoms with Gasteiger partial charge in [0.1, 0.15) is 22.9 Å². The summed E-state index contributed by atoms with van der Waals surface area (Å²) in [5.41, 5.74) is 6.54. The third-order valence-electron chi connectivity index (χ3n) is 5.62. The fourth-order valence-corrected chi connectivity index (χ4v) is 4.14. The lowest BCUT2D eigenvalue weighted by Gasteiger charge is -2.20. The first-order chi connectivity index (χ1) is 17.5. The van der Waals surface area contributed by atoms with Gasteiger partial charge in [0.2, 0.25) is 5.91 Å². The number of primary amides is 1. The third kappa shape index (κ3) is 6.23. The zero-order valence-corrected chi connectivity index (χ0v) is 20.2. The first kappa shape index (κ1) is 25.7. The van der Waals surface area contributed by atoms with Gasteiger partial charge in [-0.2, -0.15) is 0 Å². The van der Waals surface area contributed by atoms with Crippen LogP contribution in [0.1, 0.15) is 43.1 Å². The maximum absolute atomic E-state index is 13.9. The number of halogens is 2. The molecule has 0 unspecified atom stereocenters. The normalized spacial score (nSPS) is 12.1. The van der Waals surface area contributed by atoms with E-state index in [1.165, 1.54) is 32.3 Å². The van der Waals surface area contributed by atoms with Gasteiger partial charge in [-0.3, -0.25) is 9.59 Å². The summed E-state index contributed by atoms with van der Waals surface area (Å²) in [6.45, 7) is 3.06. The highest BCUT2D eigenvalue weighted by Gasteiger charge is 2.23. The summed E-state index contributed by atoms with van der Waals surface area (Å²) in [5, 5.41) is 10.4. The number of nitrogens with two attached hydrogens (primary N) is 1. The summed E-state index contributed by atoms with van der Waals surface area (Å²) in [6.07, 6.45) is 1.18. The van der Waals surface area contributed by atoms with E-state index in [0.717, 1.165) is 6.07 Å². The van der Waals surface area contributed by atoms with Crippen molar-refractivity contribution in [2.24, 2.45) is 5.73 Å². The van der Waals surface area contributed by atoms with Crippen molar-refractivity contribution in [3.8, 4) is 23.0 Å². The van der Waals surface area contributed by atoms with Crippen LogP contribution in [0.25, 0.3) is 22.0 Å². The van der Waals surface area contributed by atoms with Crippen molar-refractivity contribution in [1.82, 2.24) is 15.0 Å². The van der Waals surface area contributed by atoms with E-state index in [-0.39, 0.29) is 18.4 Å². The Balaban J connectivity index is 1.95. The molecule has 2 aromatic carbocycles. The molecular weight excluding hydrogens is 478 g/mol. The molecule has 4 rings (SSSR count). The number of benzene rings is 2. The van der Waals surface area contributed by atoms with Gasteiger partial charge in [-0.25, -0.2) is 18.7 Å². The molecule has 0 aliphatic rings. The molecule has 2 aromatic heterocycles. The van der Waals surface area contributed by atoms with Gasteiger partial charge < -0.3 is 15.8 Å². The Hall–Kier alpha value is -4.42. The topological polar surface area (TPSA) is 122 Å². The number of hydrogen-bond acceptors (Lipinski definition) is 5. The van der Waals surface area contributed by atoms with E-state index in [4.69, 9.17) is 5.73 Å². The van der Waals surface area contributed by atoms with Crippen molar-refractivity contribution in [2.75, 3.05) is 0 Å². The van der Waals surface area contributed by atoms with Gasteiger partial charge in [0.25, 0.3) is 5.56 Å². The molecule has 2 heterocycles. The molecule has 7 nitrogen and oxygen atoms in total. The lowest BCUT2D eigenvalue weighted by atomic mass is 9.87. The molecule has 0 bridgehead atoms. The molecule has 1 amide bonds. The van der Waals surface area contributed by atoms with Crippen LogP contribution in [0.15, 0.2) is 59.7 Å². The molecular formula is C28H24F2N4O3. The number of aromatic amines is 1. The SMILES string of the molecule is CC(C)(O)C#Cc1ccc(-c2cccc3c(=O)[nH]cnc23)c([C@H](CC(N)=O)Cc2cc(F)cc(F)c2)n1. The standard InChI is InChI=1S/C28H24F2N4O3/c1-28(2,37)9-8-20-6-7-22(21-4-3-5-23-26(21)32-15-33-27(23)36)25(34-20)17(13-24(31)35)10-16-11-18(29)14-19(30)12-16/h3-7,11-12,14-15,17,37H,10,13H2,1-2H3,(H2,31,35)(H,32,33,36)/t17-/m0/s1. The number of amides is 1. The minimum absolute atomic E-state index is 0.0543. The number of nitrogens with one attached hydrogen (secondary N) is 1. The van der Waals surface area contributed by atoms with Gasteiger partial charge in [-0.15, -0.1) is 0 Å². The zero-order chi connectivity index (χ0) is 26.7. The fourth-order valence-electron chi connectivity index (χ4n) is 4.14. The lowest BCUT2D eigenvalue weighted by molar-refractivity contribution is -0.118. The van der Waals surface area contributed by atoms with E-state index in [2.05, 4.69) is 26.8 Å². The quantitative estimate of drug-likeness (QED) is 0.348. The Morgan fingerprint density at radius 3 is 2.54 bits per heavy atom. The molecule has 37 heavy (non-hydrogen) atoms. The first-order valence-corrected chi connectivity index (χ1v) is 11.5. The second-order valence-corrected chi connectivity index (χ2v) is 9.22. The van der Waals surface area contributed by atoms with Crippen LogP contribution in [0.2, 0.25) is 0 Å². The summed E-state index contributed by atoms with van der Waals surface area (Å²) in [4.78, 5) is 36.0. The van der Waals surface area contributed by atoms with Gasteiger partial charge in [-0.1, -0.05) is 18.1 Å². The monoisotopic (exact) mass is 502 g/mol. The molecule has 0 saturated carbocycles. The summed E-state index contributed by atoms with van der Waals surface area (Å²) >= 11 is 0. The van der Waals surface area contributed by atoms with Crippen LogP contribution < -0.4 is 11.3 Å². The number of H-pyrrole nitrogens is 1. The van der Waals surface area contributed by atoms with E-state index in [1.807, 2.05) is 0 Å².